The number of morpholine rings is 1. The standard InChI is InChI=1S/C13H15NO3/c1-11-3-2-4-12(9-11)17-10-13(15)14-5-7-16-8-6-14/h1-4,9H,5-8,10H2. The number of benzene rings is 1. The van der Waals surface area contributed by atoms with Gasteiger partial charge in [-0.15, -0.1) is 0 Å². The molecule has 0 spiro atoms. The number of ether oxygens (including phenoxy) is 2. The van der Waals surface area contributed by atoms with Gasteiger partial charge in [0.15, 0.2) is 6.61 Å². The van der Waals surface area contributed by atoms with Crippen molar-refractivity contribution in [3.8, 4) is 5.75 Å². The number of hydrogen-bond acceptors (Lipinski definition) is 3. The summed E-state index contributed by atoms with van der Waals surface area (Å²) in [4.78, 5) is 13.5. The summed E-state index contributed by atoms with van der Waals surface area (Å²) in [5.41, 5.74) is 0.626. The quantitative estimate of drug-likeness (QED) is 0.781. The molecule has 0 N–H and O–H groups in total. The lowest BCUT2D eigenvalue weighted by Gasteiger charge is -2.26. The zero-order valence-corrected chi connectivity index (χ0v) is 9.59. The van der Waals surface area contributed by atoms with Crippen molar-refractivity contribution in [2.75, 3.05) is 32.9 Å². The average Bonchev–Trinajstić information content (AvgIpc) is 2.37. The Bertz CT molecular complexity index is 386. The van der Waals surface area contributed by atoms with E-state index < -0.39 is 0 Å². The van der Waals surface area contributed by atoms with Gasteiger partial charge in [-0.2, -0.15) is 0 Å². The van der Waals surface area contributed by atoms with Crippen LogP contribution in [0.4, 0.5) is 0 Å². The second-order valence-corrected chi connectivity index (χ2v) is 3.85. The molecule has 0 saturated carbocycles. The molecule has 1 aromatic rings. The average molecular weight is 233 g/mol. The van der Waals surface area contributed by atoms with Crippen LogP contribution in [-0.2, 0) is 9.53 Å². The maximum absolute atomic E-state index is 11.8. The van der Waals surface area contributed by atoms with Crippen molar-refractivity contribution in [2.45, 2.75) is 0 Å². The molecule has 1 aliphatic rings. The molecule has 4 heteroatoms. The van der Waals surface area contributed by atoms with E-state index in [1.807, 2.05) is 0 Å². The van der Waals surface area contributed by atoms with E-state index in [2.05, 4.69) is 0 Å². The molecule has 1 aliphatic heterocycles. The van der Waals surface area contributed by atoms with Crippen molar-refractivity contribution in [1.29, 1.82) is 0 Å². The van der Waals surface area contributed by atoms with Gasteiger partial charge in [-0.25, -0.2) is 0 Å². The molecule has 1 fully saturated rings. The van der Waals surface area contributed by atoms with E-state index in [0.717, 1.165) is 0 Å². The van der Waals surface area contributed by atoms with Crippen LogP contribution >= 0.6 is 0 Å². The van der Waals surface area contributed by atoms with Gasteiger partial charge in [0.25, 0.3) is 5.91 Å². The third-order valence-corrected chi connectivity index (χ3v) is 2.58. The van der Waals surface area contributed by atoms with Gasteiger partial charge < -0.3 is 14.4 Å². The first-order valence-corrected chi connectivity index (χ1v) is 5.59. The second kappa shape index (κ2) is 5.68. The van der Waals surface area contributed by atoms with Gasteiger partial charge in [-0.3, -0.25) is 4.79 Å². The van der Waals surface area contributed by atoms with Gasteiger partial charge in [-0.1, -0.05) is 12.1 Å². The highest BCUT2D eigenvalue weighted by Gasteiger charge is 2.16. The highest BCUT2D eigenvalue weighted by molar-refractivity contribution is 5.77. The zero-order valence-electron chi connectivity index (χ0n) is 9.59. The summed E-state index contributed by atoms with van der Waals surface area (Å²) in [5, 5.41) is 0. The van der Waals surface area contributed by atoms with E-state index >= 15 is 0 Å². The molecule has 0 bridgehead atoms. The maximum atomic E-state index is 11.8. The van der Waals surface area contributed by atoms with E-state index in [-0.39, 0.29) is 12.5 Å². The monoisotopic (exact) mass is 233 g/mol. The molecule has 1 saturated heterocycles. The van der Waals surface area contributed by atoms with E-state index in [0.29, 0.717) is 37.6 Å². The Morgan fingerprint density at radius 2 is 2.18 bits per heavy atom. The van der Waals surface area contributed by atoms with Gasteiger partial charge in [0, 0.05) is 13.1 Å². The van der Waals surface area contributed by atoms with Crippen LogP contribution in [0.15, 0.2) is 24.3 Å². The van der Waals surface area contributed by atoms with Crippen LogP contribution in [0.2, 0.25) is 0 Å². The summed E-state index contributed by atoms with van der Waals surface area (Å²) >= 11 is 0. The number of hydrogen-bond donors (Lipinski definition) is 0. The van der Waals surface area contributed by atoms with Crippen molar-refractivity contribution < 1.29 is 14.3 Å². The molecule has 0 unspecified atom stereocenters. The zero-order chi connectivity index (χ0) is 12.1. The number of carbonyl (C=O) groups is 1. The molecule has 90 valence electrons. The van der Waals surface area contributed by atoms with Crippen LogP contribution in [0.25, 0.3) is 0 Å². The fourth-order valence-corrected chi connectivity index (χ4v) is 1.65. The van der Waals surface area contributed by atoms with Crippen LogP contribution < -0.4 is 4.74 Å². The summed E-state index contributed by atoms with van der Waals surface area (Å²) in [6, 6.07) is 7.05. The smallest absolute Gasteiger partial charge is 0.260 e. The summed E-state index contributed by atoms with van der Waals surface area (Å²) in [7, 11) is 0. The van der Waals surface area contributed by atoms with Crippen LogP contribution in [0.1, 0.15) is 5.56 Å². The van der Waals surface area contributed by atoms with Crippen LogP contribution in [0, 0.1) is 6.92 Å². The van der Waals surface area contributed by atoms with E-state index in [4.69, 9.17) is 16.4 Å². The van der Waals surface area contributed by atoms with Crippen LogP contribution in [-0.4, -0.2) is 43.7 Å². The van der Waals surface area contributed by atoms with E-state index in [1.54, 1.807) is 29.2 Å². The highest BCUT2D eigenvalue weighted by Crippen LogP contribution is 2.12. The Morgan fingerprint density at radius 1 is 1.41 bits per heavy atom. The van der Waals surface area contributed by atoms with Gasteiger partial charge in [-0.05, 0) is 24.6 Å². The molecule has 1 aromatic carbocycles. The largest absolute Gasteiger partial charge is 0.484 e. The molecule has 0 aliphatic carbocycles. The van der Waals surface area contributed by atoms with E-state index in [1.165, 1.54) is 0 Å². The van der Waals surface area contributed by atoms with Crippen molar-refractivity contribution in [3.63, 3.8) is 0 Å². The number of carbonyl (C=O) groups excluding carboxylic acids is 1. The summed E-state index contributed by atoms with van der Waals surface area (Å²) in [5.74, 6) is 0.599. The molecular formula is C13H15NO3. The predicted octanol–water partition coefficient (Wildman–Crippen LogP) is 0.983. The van der Waals surface area contributed by atoms with Crippen molar-refractivity contribution in [1.82, 2.24) is 4.90 Å². The summed E-state index contributed by atoms with van der Waals surface area (Å²) < 4.78 is 10.6. The molecule has 4 nitrogen and oxygen atoms in total. The topological polar surface area (TPSA) is 38.8 Å². The molecular weight excluding hydrogens is 218 g/mol. The van der Waals surface area contributed by atoms with Crippen molar-refractivity contribution in [2.24, 2.45) is 0 Å². The minimum Gasteiger partial charge on any atom is -0.484 e. The Balaban J connectivity index is 1.83. The summed E-state index contributed by atoms with van der Waals surface area (Å²) in [6.07, 6.45) is 0. The fourth-order valence-electron chi connectivity index (χ4n) is 1.65. The number of amides is 1. The molecule has 2 radical (unpaired) electrons. The number of rotatable bonds is 3. The third kappa shape index (κ3) is 3.46. The number of nitrogens with zero attached hydrogens (tertiary/aromatic N) is 1. The summed E-state index contributed by atoms with van der Waals surface area (Å²) in [6.45, 7) is 8.14. The van der Waals surface area contributed by atoms with Gasteiger partial charge in [0.1, 0.15) is 5.75 Å². The Kier molecular flexibility index (Phi) is 3.98. The maximum Gasteiger partial charge on any atom is 0.260 e. The Morgan fingerprint density at radius 3 is 2.88 bits per heavy atom. The lowest BCUT2D eigenvalue weighted by atomic mass is 10.2. The molecule has 1 heterocycles. The van der Waals surface area contributed by atoms with Gasteiger partial charge in [0.05, 0.1) is 13.2 Å². The van der Waals surface area contributed by atoms with Crippen LogP contribution in [0.3, 0.4) is 0 Å². The SMILES string of the molecule is [CH]c1cccc(OCC(=O)N2CCOCC2)c1. The first-order chi connectivity index (χ1) is 8.25. The highest BCUT2D eigenvalue weighted by atomic mass is 16.5. The Hall–Kier alpha value is -1.55. The van der Waals surface area contributed by atoms with Crippen LogP contribution in [0.5, 0.6) is 5.75 Å². The van der Waals surface area contributed by atoms with Gasteiger partial charge in [0.2, 0.25) is 0 Å². The normalized spacial score (nSPS) is 15.7. The molecule has 0 aromatic heterocycles. The first-order valence-electron chi connectivity index (χ1n) is 5.59. The van der Waals surface area contributed by atoms with Crippen molar-refractivity contribution >= 4 is 5.91 Å². The fraction of sp³-hybridized carbons (Fsp3) is 0.385. The lowest BCUT2D eigenvalue weighted by Crippen LogP contribution is -2.42. The second-order valence-electron chi connectivity index (χ2n) is 3.85. The van der Waals surface area contributed by atoms with Gasteiger partial charge >= 0.3 is 0 Å². The molecule has 1 amide bonds. The molecule has 17 heavy (non-hydrogen) atoms. The third-order valence-electron chi connectivity index (χ3n) is 2.58. The lowest BCUT2D eigenvalue weighted by molar-refractivity contribution is -0.137. The minimum atomic E-state index is -0.0178. The molecule has 2 rings (SSSR count). The Labute approximate surface area is 101 Å². The van der Waals surface area contributed by atoms with E-state index in [9.17, 15) is 4.79 Å². The minimum absolute atomic E-state index is 0.0178. The van der Waals surface area contributed by atoms with Crippen molar-refractivity contribution in [3.05, 3.63) is 36.8 Å². The predicted molar refractivity (Wildman–Crippen MR) is 62.7 cm³/mol. The first kappa shape index (κ1) is 11.9. The molecule has 0 atom stereocenters.